The molecule has 0 amide bonds. The number of Topliss-reactive ketones (excluding diaryl/α,β-unsaturated/α-hetero) is 1. The van der Waals surface area contributed by atoms with Crippen molar-refractivity contribution in [3.05, 3.63) is 28.3 Å². The maximum atomic E-state index is 11.4. The highest BCUT2D eigenvalue weighted by Crippen LogP contribution is 2.31. The molecule has 1 aliphatic rings. The van der Waals surface area contributed by atoms with Crippen LogP contribution in [0.4, 0.5) is 0 Å². The largest absolute Gasteiger partial charge is 0.507 e. The molecule has 1 aliphatic carbocycles. The first-order valence-corrected chi connectivity index (χ1v) is 6.59. The predicted molar refractivity (Wildman–Crippen MR) is 72.2 cm³/mol. The molecule has 0 bridgehead atoms. The number of phenolic OH excluding ortho intramolecular Hbond substituents is 1. The number of halogens is 1. The second kappa shape index (κ2) is 5.29. The second-order valence-electron chi connectivity index (χ2n) is 5.02. The number of hydrogen-bond acceptors (Lipinski definition) is 3. The number of nitrogens with zero attached hydrogens (tertiary/aromatic N) is 1. The Balaban J connectivity index is 2.23. The lowest BCUT2D eigenvalue weighted by Crippen LogP contribution is -2.36. The Hall–Kier alpha value is -1.06. The van der Waals surface area contributed by atoms with Crippen molar-refractivity contribution in [3.63, 3.8) is 0 Å². The van der Waals surface area contributed by atoms with Gasteiger partial charge in [-0.25, -0.2) is 0 Å². The van der Waals surface area contributed by atoms with Crippen LogP contribution in [0, 0.1) is 0 Å². The molecule has 0 saturated heterocycles. The van der Waals surface area contributed by atoms with E-state index in [1.54, 1.807) is 6.07 Å². The van der Waals surface area contributed by atoms with E-state index in [0.29, 0.717) is 23.2 Å². The van der Waals surface area contributed by atoms with Crippen LogP contribution < -0.4 is 0 Å². The molecular formula is C14H18ClNO2. The third-order valence-corrected chi connectivity index (χ3v) is 3.87. The summed E-state index contributed by atoms with van der Waals surface area (Å²) in [5.41, 5.74) is 1.03. The van der Waals surface area contributed by atoms with Crippen molar-refractivity contribution in [2.45, 2.75) is 38.8 Å². The molecule has 0 atom stereocenters. The second-order valence-corrected chi connectivity index (χ2v) is 5.45. The van der Waals surface area contributed by atoms with E-state index in [0.717, 1.165) is 5.56 Å². The average molecular weight is 268 g/mol. The summed E-state index contributed by atoms with van der Waals surface area (Å²) in [6.07, 6.45) is 3.68. The van der Waals surface area contributed by atoms with Gasteiger partial charge in [-0.15, -0.1) is 0 Å². The van der Waals surface area contributed by atoms with E-state index in [4.69, 9.17) is 11.6 Å². The Morgan fingerprint density at radius 3 is 2.67 bits per heavy atom. The number of phenols is 1. The maximum Gasteiger partial charge on any atom is 0.163 e. The summed E-state index contributed by atoms with van der Waals surface area (Å²) in [6, 6.07) is 3.84. The Morgan fingerprint density at radius 2 is 2.17 bits per heavy atom. The molecule has 0 unspecified atom stereocenters. The third kappa shape index (κ3) is 2.68. The molecule has 1 fully saturated rings. The fraction of sp³-hybridized carbons (Fsp3) is 0.500. The summed E-state index contributed by atoms with van der Waals surface area (Å²) in [6.45, 7) is 2.06. The van der Waals surface area contributed by atoms with E-state index in [2.05, 4.69) is 4.90 Å². The molecule has 2 rings (SSSR count). The normalized spacial score (nSPS) is 15.8. The minimum absolute atomic E-state index is 0.0677. The van der Waals surface area contributed by atoms with Crippen LogP contribution in [-0.4, -0.2) is 28.9 Å². The van der Waals surface area contributed by atoms with Gasteiger partial charge in [0.2, 0.25) is 0 Å². The minimum atomic E-state index is -0.164. The highest BCUT2D eigenvalue weighted by atomic mass is 35.5. The molecule has 1 aromatic rings. The third-order valence-electron chi connectivity index (χ3n) is 3.65. The van der Waals surface area contributed by atoms with Crippen LogP contribution in [0.2, 0.25) is 5.02 Å². The van der Waals surface area contributed by atoms with Gasteiger partial charge < -0.3 is 5.11 Å². The van der Waals surface area contributed by atoms with E-state index in [9.17, 15) is 9.90 Å². The van der Waals surface area contributed by atoms with Crippen molar-refractivity contribution in [1.82, 2.24) is 4.90 Å². The first-order valence-electron chi connectivity index (χ1n) is 6.21. The van der Waals surface area contributed by atoms with Gasteiger partial charge >= 0.3 is 0 Å². The molecule has 3 nitrogen and oxygen atoms in total. The SMILES string of the molecule is CC(=O)c1cc(Cl)cc(CN(C)C2CCC2)c1O. The van der Waals surface area contributed by atoms with Crippen LogP contribution in [-0.2, 0) is 6.54 Å². The Bertz CT molecular complexity index is 469. The lowest BCUT2D eigenvalue weighted by atomic mass is 9.91. The van der Waals surface area contributed by atoms with Crippen LogP contribution in [0.15, 0.2) is 12.1 Å². The Kier molecular flexibility index (Phi) is 3.93. The molecule has 1 saturated carbocycles. The molecule has 4 heteroatoms. The fourth-order valence-corrected chi connectivity index (χ4v) is 2.51. The first-order chi connectivity index (χ1) is 8.49. The quantitative estimate of drug-likeness (QED) is 0.852. The van der Waals surface area contributed by atoms with Gasteiger partial charge in [0.25, 0.3) is 0 Å². The first kappa shape index (κ1) is 13.4. The lowest BCUT2D eigenvalue weighted by Gasteiger charge is -2.35. The van der Waals surface area contributed by atoms with Crippen LogP contribution in [0.3, 0.4) is 0 Å². The van der Waals surface area contributed by atoms with Crippen LogP contribution >= 0.6 is 11.6 Å². The van der Waals surface area contributed by atoms with Crippen molar-refractivity contribution >= 4 is 17.4 Å². The van der Waals surface area contributed by atoms with Gasteiger partial charge in [-0.05, 0) is 38.9 Å². The summed E-state index contributed by atoms with van der Waals surface area (Å²) < 4.78 is 0. The smallest absolute Gasteiger partial charge is 0.163 e. The van der Waals surface area contributed by atoms with E-state index < -0.39 is 0 Å². The van der Waals surface area contributed by atoms with Gasteiger partial charge in [-0.3, -0.25) is 9.69 Å². The number of carbonyl (C=O) groups is 1. The monoisotopic (exact) mass is 267 g/mol. The van der Waals surface area contributed by atoms with Crippen molar-refractivity contribution in [2.75, 3.05) is 7.05 Å². The van der Waals surface area contributed by atoms with Crippen molar-refractivity contribution in [2.24, 2.45) is 0 Å². The molecule has 0 spiro atoms. The molecule has 0 heterocycles. The summed E-state index contributed by atoms with van der Waals surface area (Å²) in [7, 11) is 2.04. The van der Waals surface area contributed by atoms with Gasteiger partial charge in [0, 0.05) is 23.2 Å². The maximum absolute atomic E-state index is 11.4. The molecule has 98 valence electrons. The Labute approximate surface area is 112 Å². The van der Waals surface area contributed by atoms with Gasteiger partial charge in [0.15, 0.2) is 5.78 Å². The molecule has 1 N–H and O–H groups in total. The predicted octanol–water partition coefficient (Wildman–Crippen LogP) is 3.23. The topological polar surface area (TPSA) is 40.5 Å². The zero-order valence-electron chi connectivity index (χ0n) is 10.7. The van der Waals surface area contributed by atoms with E-state index >= 15 is 0 Å². The summed E-state index contributed by atoms with van der Waals surface area (Å²) in [5, 5.41) is 10.6. The van der Waals surface area contributed by atoms with Crippen LogP contribution in [0.1, 0.15) is 42.1 Å². The van der Waals surface area contributed by atoms with Crippen molar-refractivity contribution < 1.29 is 9.90 Å². The molecule has 0 aliphatic heterocycles. The zero-order valence-corrected chi connectivity index (χ0v) is 11.5. The molecule has 0 radical (unpaired) electrons. The number of ketones is 1. The van der Waals surface area contributed by atoms with E-state index in [1.165, 1.54) is 32.3 Å². The number of benzene rings is 1. The van der Waals surface area contributed by atoms with Crippen LogP contribution in [0.5, 0.6) is 5.75 Å². The number of carbonyl (C=O) groups excluding carboxylic acids is 1. The molecule has 18 heavy (non-hydrogen) atoms. The Morgan fingerprint density at radius 1 is 1.50 bits per heavy atom. The number of hydrogen-bond donors (Lipinski definition) is 1. The average Bonchev–Trinajstić information content (AvgIpc) is 2.19. The summed E-state index contributed by atoms with van der Waals surface area (Å²) in [4.78, 5) is 13.6. The number of rotatable bonds is 4. The van der Waals surface area contributed by atoms with Gasteiger partial charge in [-0.2, -0.15) is 0 Å². The van der Waals surface area contributed by atoms with Crippen LogP contribution in [0.25, 0.3) is 0 Å². The van der Waals surface area contributed by atoms with Gasteiger partial charge in [0.05, 0.1) is 5.56 Å². The summed E-state index contributed by atoms with van der Waals surface area (Å²) in [5.74, 6) is -0.0966. The lowest BCUT2D eigenvalue weighted by molar-refractivity contribution is 0.101. The highest BCUT2D eigenvalue weighted by molar-refractivity contribution is 6.31. The zero-order chi connectivity index (χ0) is 13.3. The highest BCUT2D eigenvalue weighted by Gasteiger charge is 2.23. The minimum Gasteiger partial charge on any atom is -0.507 e. The van der Waals surface area contributed by atoms with Crippen molar-refractivity contribution in [3.8, 4) is 5.75 Å². The fourth-order valence-electron chi connectivity index (χ4n) is 2.27. The molecule has 0 aromatic heterocycles. The van der Waals surface area contributed by atoms with Crippen molar-refractivity contribution in [1.29, 1.82) is 0 Å². The standard InChI is InChI=1S/C14H18ClNO2/c1-9(17)13-7-11(15)6-10(14(13)18)8-16(2)12-4-3-5-12/h6-7,12,18H,3-5,8H2,1-2H3. The molecular weight excluding hydrogens is 250 g/mol. The number of aromatic hydroxyl groups is 1. The van der Waals surface area contributed by atoms with E-state index in [-0.39, 0.29) is 11.5 Å². The van der Waals surface area contributed by atoms with E-state index in [1.807, 2.05) is 7.05 Å². The summed E-state index contributed by atoms with van der Waals surface area (Å²) >= 11 is 6.00. The van der Waals surface area contributed by atoms with Gasteiger partial charge in [-0.1, -0.05) is 18.0 Å². The van der Waals surface area contributed by atoms with Gasteiger partial charge in [0.1, 0.15) is 5.75 Å². The molecule has 1 aromatic carbocycles.